The van der Waals surface area contributed by atoms with Gasteiger partial charge in [0.15, 0.2) is 0 Å². The van der Waals surface area contributed by atoms with Gasteiger partial charge >= 0.3 is 0 Å². The van der Waals surface area contributed by atoms with Crippen molar-refractivity contribution in [3.8, 4) is 0 Å². The standard InChI is InChI=1S/C11H10BrNS/c12-10-6-9(7-14-10)11(13)8-4-2-1-3-5-8/h1-7,11H,13H2. The third kappa shape index (κ3) is 2.05. The van der Waals surface area contributed by atoms with Crippen LogP contribution in [0.15, 0.2) is 45.6 Å². The molecule has 2 rings (SSSR count). The Balaban J connectivity index is 2.29. The monoisotopic (exact) mass is 267 g/mol. The first-order chi connectivity index (χ1) is 6.77. The minimum atomic E-state index is -0.0150. The van der Waals surface area contributed by atoms with Gasteiger partial charge in [0.1, 0.15) is 0 Å². The van der Waals surface area contributed by atoms with E-state index in [-0.39, 0.29) is 6.04 Å². The summed E-state index contributed by atoms with van der Waals surface area (Å²) >= 11 is 5.10. The molecule has 14 heavy (non-hydrogen) atoms. The Bertz CT molecular complexity index is 410. The van der Waals surface area contributed by atoms with Crippen LogP contribution < -0.4 is 5.73 Å². The molecule has 0 aliphatic rings. The minimum absolute atomic E-state index is 0.0150. The Hall–Kier alpha value is -0.640. The fourth-order valence-electron chi connectivity index (χ4n) is 1.34. The molecular formula is C11H10BrNS. The van der Waals surface area contributed by atoms with Gasteiger partial charge < -0.3 is 5.73 Å². The summed E-state index contributed by atoms with van der Waals surface area (Å²) < 4.78 is 1.12. The SMILES string of the molecule is NC(c1ccccc1)c1csc(Br)c1. The first-order valence-electron chi connectivity index (χ1n) is 4.32. The molecule has 2 aromatic rings. The van der Waals surface area contributed by atoms with Crippen molar-refractivity contribution in [2.75, 3.05) is 0 Å². The molecule has 0 amide bonds. The molecule has 72 valence electrons. The number of rotatable bonds is 2. The van der Waals surface area contributed by atoms with E-state index >= 15 is 0 Å². The van der Waals surface area contributed by atoms with Crippen LogP contribution in [-0.4, -0.2) is 0 Å². The van der Waals surface area contributed by atoms with Crippen molar-refractivity contribution in [3.05, 3.63) is 56.7 Å². The lowest BCUT2D eigenvalue weighted by molar-refractivity contribution is 0.876. The lowest BCUT2D eigenvalue weighted by Crippen LogP contribution is -2.10. The quantitative estimate of drug-likeness (QED) is 0.885. The number of benzene rings is 1. The highest BCUT2D eigenvalue weighted by Crippen LogP contribution is 2.27. The molecule has 0 aliphatic carbocycles. The summed E-state index contributed by atoms with van der Waals surface area (Å²) in [6, 6.07) is 12.2. The topological polar surface area (TPSA) is 26.0 Å². The molecule has 0 radical (unpaired) electrons. The van der Waals surface area contributed by atoms with E-state index in [4.69, 9.17) is 5.73 Å². The van der Waals surface area contributed by atoms with E-state index in [9.17, 15) is 0 Å². The van der Waals surface area contributed by atoms with Crippen LogP contribution in [0, 0.1) is 0 Å². The van der Waals surface area contributed by atoms with E-state index in [0.29, 0.717) is 0 Å². The lowest BCUT2D eigenvalue weighted by Gasteiger charge is -2.09. The number of nitrogens with two attached hydrogens (primary N) is 1. The molecule has 1 nitrogen and oxygen atoms in total. The maximum Gasteiger partial charge on any atom is 0.0701 e. The molecule has 0 saturated heterocycles. The van der Waals surface area contributed by atoms with Gasteiger partial charge in [-0.2, -0.15) is 0 Å². The molecule has 0 aliphatic heterocycles. The highest BCUT2D eigenvalue weighted by atomic mass is 79.9. The molecule has 3 heteroatoms. The van der Waals surface area contributed by atoms with Crippen LogP contribution >= 0.6 is 27.3 Å². The maximum absolute atomic E-state index is 6.12. The van der Waals surface area contributed by atoms with Gasteiger partial charge in [0.25, 0.3) is 0 Å². The van der Waals surface area contributed by atoms with E-state index in [1.165, 1.54) is 0 Å². The fraction of sp³-hybridized carbons (Fsp3) is 0.0909. The van der Waals surface area contributed by atoms with Gasteiger partial charge in [-0.05, 0) is 38.5 Å². The summed E-state index contributed by atoms with van der Waals surface area (Å²) in [4.78, 5) is 0. The van der Waals surface area contributed by atoms with Crippen molar-refractivity contribution >= 4 is 27.3 Å². The zero-order valence-corrected chi connectivity index (χ0v) is 9.88. The molecule has 1 unspecified atom stereocenters. The van der Waals surface area contributed by atoms with Crippen molar-refractivity contribution in [2.24, 2.45) is 5.73 Å². The number of halogens is 1. The molecule has 1 atom stereocenters. The lowest BCUT2D eigenvalue weighted by atomic mass is 10.0. The van der Waals surface area contributed by atoms with Crippen LogP contribution in [0.3, 0.4) is 0 Å². The van der Waals surface area contributed by atoms with E-state index in [2.05, 4.69) is 39.5 Å². The second kappa shape index (κ2) is 4.26. The van der Waals surface area contributed by atoms with Crippen molar-refractivity contribution < 1.29 is 0 Å². The van der Waals surface area contributed by atoms with Gasteiger partial charge in [0.05, 0.1) is 9.83 Å². The summed E-state index contributed by atoms with van der Waals surface area (Å²) in [5, 5.41) is 2.09. The van der Waals surface area contributed by atoms with Crippen LogP contribution in [0.1, 0.15) is 17.2 Å². The molecule has 0 saturated carbocycles. The number of hydrogen-bond donors (Lipinski definition) is 1. The molecule has 2 N–H and O–H groups in total. The zero-order chi connectivity index (χ0) is 9.97. The molecule has 1 aromatic carbocycles. The van der Waals surface area contributed by atoms with Gasteiger partial charge in [-0.3, -0.25) is 0 Å². The van der Waals surface area contributed by atoms with Crippen LogP contribution in [0.25, 0.3) is 0 Å². The van der Waals surface area contributed by atoms with E-state index < -0.39 is 0 Å². The Labute approximate surface area is 95.7 Å². The summed E-state index contributed by atoms with van der Waals surface area (Å²) in [5.74, 6) is 0. The predicted octanol–water partition coefficient (Wildman–Crippen LogP) is 3.56. The third-order valence-corrected chi connectivity index (χ3v) is 3.63. The number of thiophene rings is 1. The molecule has 0 fully saturated rings. The van der Waals surface area contributed by atoms with Crippen molar-refractivity contribution in [2.45, 2.75) is 6.04 Å². The molecule has 1 heterocycles. The zero-order valence-electron chi connectivity index (χ0n) is 7.48. The highest BCUT2D eigenvalue weighted by molar-refractivity contribution is 9.11. The van der Waals surface area contributed by atoms with Gasteiger partial charge in [0.2, 0.25) is 0 Å². The van der Waals surface area contributed by atoms with Gasteiger partial charge in [-0.1, -0.05) is 30.3 Å². The second-order valence-electron chi connectivity index (χ2n) is 3.07. The Morgan fingerprint density at radius 1 is 1.14 bits per heavy atom. The predicted molar refractivity (Wildman–Crippen MR) is 64.5 cm³/mol. The number of hydrogen-bond acceptors (Lipinski definition) is 2. The van der Waals surface area contributed by atoms with E-state index in [0.717, 1.165) is 14.9 Å². The van der Waals surface area contributed by atoms with Crippen LogP contribution in [-0.2, 0) is 0 Å². The summed E-state index contributed by atoms with van der Waals surface area (Å²) in [6.45, 7) is 0. The van der Waals surface area contributed by atoms with Crippen molar-refractivity contribution in [3.63, 3.8) is 0 Å². The third-order valence-electron chi connectivity index (χ3n) is 2.11. The van der Waals surface area contributed by atoms with Gasteiger partial charge in [-0.15, -0.1) is 11.3 Å². The summed E-state index contributed by atoms with van der Waals surface area (Å²) in [5.41, 5.74) is 8.43. The van der Waals surface area contributed by atoms with Crippen LogP contribution in [0.2, 0.25) is 0 Å². The highest BCUT2D eigenvalue weighted by Gasteiger charge is 2.09. The van der Waals surface area contributed by atoms with E-state index in [1.807, 2.05) is 18.2 Å². The first-order valence-corrected chi connectivity index (χ1v) is 5.99. The molecule has 1 aromatic heterocycles. The van der Waals surface area contributed by atoms with Crippen LogP contribution in [0.5, 0.6) is 0 Å². The summed E-state index contributed by atoms with van der Waals surface area (Å²) in [6.07, 6.45) is 0. The summed E-state index contributed by atoms with van der Waals surface area (Å²) in [7, 11) is 0. The first kappa shape index (κ1) is 9.90. The molecule has 0 bridgehead atoms. The van der Waals surface area contributed by atoms with Crippen molar-refractivity contribution in [1.29, 1.82) is 0 Å². The van der Waals surface area contributed by atoms with Crippen molar-refractivity contribution in [1.82, 2.24) is 0 Å². The molecular weight excluding hydrogens is 258 g/mol. The van der Waals surface area contributed by atoms with Gasteiger partial charge in [-0.25, -0.2) is 0 Å². The smallest absolute Gasteiger partial charge is 0.0701 e. The average molecular weight is 268 g/mol. The fourth-order valence-corrected chi connectivity index (χ4v) is 2.55. The Kier molecular flexibility index (Phi) is 3.01. The van der Waals surface area contributed by atoms with Gasteiger partial charge in [0, 0.05) is 0 Å². The normalized spacial score (nSPS) is 12.7. The van der Waals surface area contributed by atoms with Crippen LogP contribution in [0.4, 0.5) is 0 Å². The molecule has 0 spiro atoms. The minimum Gasteiger partial charge on any atom is -0.320 e. The largest absolute Gasteiger partial charge is 0.320 e. The average Bonchev–Trinajstić information content (AvgIpc) is 2.65. The Morgan fingerprint density at radius 3 is 2.43 bits per heavy atom. The van der Waals surface area contributed by atoms with E-state index in [1.54, 1.807) is 11.3 Å². The second-order valence-corrected chi connectivity index (χ2v) is 5.36. The maximum atomic E-state index is 6.12. The Morgan fingerprint density at radius 2 is 1.86 bits per heavy atom.